The van der Waals surface area contributed by atoms with Crippen molar-refractivity contribution >= 4 is 40.9 Å². The fraction of sp³-hybridized carbons (Fsp3) is 0.500. The molecule has 0 saturated heterocycles. The van der Waals surface area contributed by atoms with Crippen LogP contribution in [0.3, 0.4) is 0 Å². The molecule has 150 valence electrons. The number of hydrogen-bond donors (Lipinski definition) is 4. The van der Waals surface area contributed by atoms with E-state index in [4.69, 9.17) is 17.0 Å². The zero-order chi connectivity index (χ0) is 20.4. The van der Waals surface area contributed by atoms with Crippen molar-refractivity contribution in [3.05, 3.63) is 29.8 Å². The van der Waals surface area contributed by atoms with Crippen molar-refractivity contribution in [1.29, 1.82) is 0 Å². The molecule has 7 nitrogen and oxygen atoms in total. The normalized spacial score (nSPS) is 11.9. The van der Waals surface area contributed by atoms with E-state index in [2.05, 4.69) is 21.5 Å². The van der Waals surface area contributed by atoms with Crippen LogP contribution in [-0.4, -0.2) is 47.6 Å². The number of hydrazine groups is 1. The van der Waals surface area contributed by atoms with Crippen molar-refractivity contribution < 1.29 is 14.3 Å². The third kappa shape index (κ3) is 8.96. The number of carbonyl (C=O) groups excluding carboxylic acids is 2. The van der Waals surface area contributed by atoms with Gasteiger partial charge in [-0.2, -0.15) is 11.8 Å². The van der Waals surface area contributed by atoms with Crippen molar-refractivity contribution in [2.45, 2.75) is 38.8 Å². The number of methoxy groups -OCH3 is 1. The van der Waals surface area contributed by atoms with Gasteiger partial charge in [-0.05, 0) is 75.7 Å². The van der Waals surface area contributed by atoms with Crippen molar-refractivity contribution in [3.8, 4) is 5.75 Å². The molecule has 0 aromatic heterocycles. The summed E-state index contributed by atoms with van der Waals surface area (Å²) < 4.78 is 5.09. The Hall–Kier alpha value is -2.00. The predicted octanol–water partition coefficient (Wildman–Crippen LogP) is 1.84. The van der Waals surface area contributed by atoms with Gasteiger partial charge < -0.3 is 15.4 Å². The fourth-order valence-corrected chi connectivity index (χ4v) is 2.89. The average Bonchev–Trinajstić information content (AvgIpc) is 2.61. The third-order valence-electron chi connectivity index (χ3n) is 3.37. The summed E-state index contributed by atoms with van der Waals surface area (Å²) in [7, 11) is 1.56. The summed E-state index contributed by atoms with van der Waals surface area (Å²) in [5, 5.41) is 6.11. The minimum absolute atomic E-state index is 0.227. The molecule has 0 aliphatic rings. The molecule has 0 aliphatic heterocycles. The second-order valence-electron chi connectivity index (χ2n) is 6.85. The van der Waals surface area contributed by atoms with E-state index in [1.165, 1.54) is 0 Å². The van der Waals surface area contributed by atoms with Gasteiger partial charge in [0.1, 0.15) is 11.8 Å². The lowest BCUT2D eigenvalue weighted by Crippen LogP contribution is -2.56. The highest BCUT2D eigenvalue weighted by Crippen LogP contribution is 2.11. The van der Waals surface area contributed by atoms with Crippen LogP contribution in [0.1, 0.15) is 37.6 Å². The molecule has 0 radical (unpaired) electrons. The molecule has 0 heterocycles. The zero-order valence-corrected chi connectivity index (χ0v) is 18.0. The van der Waals surface area contributed by atoms with Crippen LogP contribution in [0.5, 0.6) is 5.75 Å². The van der Waals surface area contributed by atoms with Crippen LogP contribution in [0.15, 0.2) is 24.3 Å². The molecule has 0 aliphatic carbocycles. The molecule has 2 amide bonds. The summed E-state index contributed by atoms with van der Waals surface area (Å²) in [6.07, 6.45) is 2.44. The maximum absolute atomic E-state index is 12.5. The van der Waals surface area contributed by atoms with Crippen molar-refractivity contribution in [1.82, 2.24) is 21.5 Å². The number of thioether (sulfide) groups is 1. The predicted molar refractivity (Wildman–Crippen MR) is 114 cm³/mol. The van der Waals surface area contributed by atoms with Gasteiger partial charge in [0.25, 0.3) is 11.8 Å². The monoisotopic (exact) mass is 412 g/mol. The Morgan fingerprint density at radius 3 is 2.33 bits per heavy atom. The van der Waals surface area contributed by atoms with Gasteiger partial charge in [0, 0.05) is 11.1 Å². The van der Waals surface area contributed by atoms with Crippen LogP contribution in [0.25, 0.3) is 0 Å². The number of carbonyl (C=O) groups is 2. The van der Waals surface area contributed by atoms with E-state index in [0.29, 0.717) is 22.8 Å². The van der Waals surface area contributed by atoms with E-state index in [1.807, 2.05) is 27.0 Å². The molecule has 1 rings (SSSR count). The summed E-state index contributed by atoms with van der Waals surface area (Å²) >= 11 is 6.74. The highest BCUT2D eigenvalue weighted by molar-refractivity contribution is 7.98. The molecule has 0 bridgehead atoms. The maximum atomic E-state index is 12.5. The Morgan fingerprint density at radius 2 is 1.81 bits per heavy atom. The standard InChI is InChI=1S/C18H28N4O3S2/c1-18(2,3)20-17(26)22-21-16(24)14(10-11-27-5)19-15(23)12-6-8-13(25-4)9-7-12/h6-9,14H,10-11H2,1-5H3,(H,19,23)(H,21,24)(H2,20,22,26)/t14-/m1/s1. The summed E-state index contributed by atoms with van der Waals surface area (Å²) in [5.74, 6) is 0.705. The number of benzene rings is 1. The largest absolute Gasteiger partial charge is 0.497 e. The Kier molecular flexibility index (Phi) is 9.37. The van der Waals surface area contributed by atoms with Gasteiger partial charge in [-0.25, -0.2) is 0 Å². The minimum Gasteiger partial charge on any atom is -0.497 e. The third-order valence-corrected chi connectivity index (χ3v) is 4.22. The summed E-state index contributed by atoms with van der Waals surface area (Å²) in [5.41, 5.74) is 5.45. The number of amides is 2. The van der Waals surface area contributed by atoms with E-state index in [-0.39, 0.29) is 17.4 Å². The van der Waals surface area contributed by atoms with E-state index < -0.39 is 6.04 Å². The Balaban J connectivity index is 2.68. The van der Waals surface area contributed by atoms with Crippen LogP contribution >= 0.6 is 24.0 Å². The highest BCUT2D eigenvalue weighted by atomic mass is 32.2. The number of rotatable bonds is 7. The number of ether oxygens (including phenoxy) is 1. The van der Waals surface area contributed by atoms with Crippen molar-refractivity contribution in [3.63, 3.8) is 0 Å². The molecule has 9 heteroatoms. The molecular formula is C18H28N4O3S2. The summed E-state index contributed by atoms with van der Waals surface area (Å²) in [6, 6.07) is 6.02. The first-order valence-corrected chi connectivity index (χ1v) is 10.3. The van der Waals surface area contributed by atoms with Crippen LogP contribution in [0.4, 0.5) is 0 Å². The second kappa shape index (κ2) is 11.0. The van der Waals surface area contributed by atoms with Gasteiger partial charge in [-0.1, -0.05) is 0 Å². The average molecular weight is 413 g/mol. The summed E-state index contributed by atoms with van der Waals surface area (Å²) in [6.45, 7) is 5.87. The lowest BCUT2D eigenvalue weighted by molar-refractivity contribution is -0.123. The molecular weight excluding hydrogens is 384 g/mol. The molecule has 0 saturated carbocycles. The Bertz CT molecular complexity index is 645. The van der Waals surface area contributed by atoms with Gasteiger partial charge in [0.15, 0.2) is 5.11 Å². The van der Waals surface area contributed by atoms with Gasteiger partial charge in [-0.15, -0.1) is 0 Å². The number of thiocarbonyl (C=S) groups is 1. The lowest BCUT2D eigenvalue weighted by Gasteiger charge is -2.24. The molecule has 1 atom stereocenters. The van der Waals surface area contributed by atoms with Crippen molar-refractivity contribution in [2.24, 2.45) is 0 Å². The lowest BCUT2D eigenvalue weighted by atomic mass is 10.1. The quantitative estimate of drug-likeness (QED) is 0.401. The maximum Gasteiger partial charge on any atom is 0.260 e. The summed E-state index contributed by atoms with van der Waals surface area (Å²) in [4.78, 5) is 24.9. The smallest absolute Gasteiger partial charge is 0.260 e. The SMILES string of the molecule is COc1ccc(C(=O)N[C@H](CCSC)C(=O)NNC(=S)NC(C)(C)C)cc1. The van der Waals surface area contributed by atoms with Gasteiger partial charge >= 0.3 is 0 Å². The second-order valence-corrected chi connectivity index (χ2v) is 8.25. The Morgan fingerprint density at radius 1 is 1.19 bits per heavy atom. The topological polar surface area (TPSA) is 91.5 Å². The van der Waals surface area contributed by atoms with Crippen LogP contribution in [0, 0.1) is 0 Å². The molecule has 27 heavy (non-hydrogen) atoms. The van der Waals surface area contributed by atoms with Gasteiger partial charge in [0.2, 0.25) is 0 Å². The van der Waals surface area contributed by atoms with E-state index in [0.717, 1.165) is 5.75 Å². The van der Waals surface area contributed by atoms with Crippen LogP contribution in [0.2, 0.25) is 0 Å². The molecule has 0 unspecified atom stereocenters. The Labute approximate surface area is 170 Å². The molecule has 0 spiro atoms. The molecule has 0 fully saturated rings. The van der Waals surface area contributed by atoms with E-state index >= 15 is 0 Å². The van der Waals surface area contributed by atoms with Crippen LogP contribution in [-0.2, 0) is 4.79 Å². The fourth-order valence-electron chi connectivity index (χ4n) is 2.07. The number of hydrogen-bond acceptors (Lipinski definition) is 5. The molecule has 4 N–H and O–H groups in total. The van der Waals surface area contributed by atoms with Crippen LogP contribution < -0.4 is 26.2 Å². The van der Waals surface area contributed by atoms with Gasteiger partial charge in [0.05, 0.1) is 7.11 Å². The first kappa shape index (κ1) is 23.0. The molecule has 1 aromatic rings. The zero-order valence-electron chi connectivity index (χ0n) is 16.3. The first-order chi connectivity index (χ1) is 12.7. The van der Waals surface area contributed by atoms with E-state index in [9.17, 15) is 9.59 Å². The first-order valence-electron chi connectivity index (χ1n) is 8.48. The molecule has 1 aromatic carbocycles. The van der Waals surface area contributed by atoms with Gasteiger partial charge in [-0.3, -0.25) is 20.4 Å². The van der Waals surface area contributed by atoms with Crippen molar-refractivity contribution in [2.75, 3.05) is 19.1 Å². The van der Waals surface area contributed by atoms with E-state index in [1.54, 1.807) is 43.1 Å². The minimum atomic E-state index is -0.683. The highest BCUT2D eigenvalue weighted by Gasteiger charge is 2.21. The number of nitrogens with one attached hydrogen (secondary N) is 4.